The SMILES string of the molecule is CC=Nc1ccc(C(=O)C2CCC2)c(C)c1. The monoisotopic (exact) mass is 215 g/mol. The molecule has 2 nitrogen and oxygen atoms in total. The predicted molar refractivity (Wildman–Crippen MR) is 66.7 cm³/mol. The van der Waals surface area contributed by atoms with Crippen LogP contribution in [0.4, 0.5) is 5.69 Å². The summed E-state index contributed by atoms with van der Waals surface area (Å²) in [5, 5.41) is 0. The molecule has 0 radical (unpaired) electrons. The molecule has 0 heterocycles. The molecular weight excluding hydrogens is 198 g/mol. The zero-order valence-electron chi connectivity index (χ0n) is 9.86. The fourth-order valence-electron chi connectivity index (χ4n) is 2.04. The fourth-order valence-corrected chi connectivity index (χ4v) is 2.04. The Morgan fingerprint density at radius 2 is 2.19 bits per heavy atom. The molecular formula is C14H17NO. The predicted octanol–water partition coefficient (Wildman–Crippen LogP) is 3.70. The van der Waals surface area contributed by atoms with Gasteiger partial charge in [0, 0.05) is 17.7 Å². The van der Waals surface area contributed by atoms with Crippen LogP contribution in [0, 0.1) is 12.8 Å². The van der Waals surface area contributed by atoms with E-state index in [4.69, 9.17) is 0 Å². The van der Waals surface area contributed by atoms with E-state index < -0.39 is 0 Å². The maximum atomic E-state index is 12.1. The highest BCUT2D eigenvalue weighted by Gasteiger charge is 2.26. The molecule has 1 fully saturated rings. The van der Waals surface area contributed by atoms with Crippen molar-refractivity contribution in [2.24, 2.45) is 10.9 Å². The average molecular weight is 215 g/mol. The molecule has 0 bridgehead atoms. The first-order valence-corrected chi connectivity index (χ1v) is 5.86. The highest BCUT2D eigenvalue weighted by molar-refractivity contribution is 5.99. The van der Waals surface area contributed by atoms with Gasteiger partial charge in [-0.1, -0.05) is 6.42 Å². The second kappa shape index (κ2) is 4.60. The molecule has 0 saturated heterocycles. The topological polar surface area (TPSA) is 29.4 Å². The molecule has 0 N–H and O–H groups in total. The van der Waals surface area contributed by atoms with Crippen LogP contribution in [-0.2, 0) is 0 Å². The van der Waals surface area contributed by atoms with Crippen LogP contribution in [0.2, 0.25) is 0 Å². The first-order valence-electron chi connectivity index (χ1n) is 5.86. The fraction of sp³-hybridized carbons (Fsp3) is 0.429. The summed E-state index contributed by atoms with van der Waals surface area (Å²) in [4.78, 5) is 16.3. The van der Waals surface area contributed by atoms with Crippen molar-refractivity contribution in [1.29, 1.82) is 0 Å². The van der Waals surface area contributed by atoms with Crippen LogP contribution in [0.5, 0.6) is 0 Å². The average Bonchev–Trinajstić information content (AvgIpc) is 2.15. The van der Waals surface area contributed by atoms with E-state index in [-0.39, 0.29) is 5.92 Å². The summed E-state index contributed by atoms with van der Waals surface area (Å²) in [5.41, 5.74) is 2.84. The zero-order chi connectivity index (χ0) is 11.5. The van der Waals surface area contributed by atoms with E-state index in [9.17, 15) is 4.79 Å². The molecule has 1 aromatic carbocycles. The number of ketones is 1. The molecule has 2 rings (SSSR count). The van der Waals surface area contributed by atoms with Gasteiger partial charge >= 0.3 is 0 Å². The molecule has 0 atom stereocenters. The Labute approximate surface area is 96.4 Å². The van der Waals surface area contributed by atoms with E-state index >= 15 is 0 Å². The summed E-state index contributed by atoms with van der Waals surface area (Å²) in [6.45, 7) is 3.88. The van der Waals surface area contributed by atoms with Gasteiger partial charge in [-0.05, 0) is 50.5 Å². The van der Waals surface area contributed by atoms with Crippen LogP contribution >= 0.6 is 0 Å². The normalized spacial score (nSPS) is 16.4. The number of hydrogen-bond donors (Lipinski definition) is 0. The van der Waals surface area contributed by atoms with Crippen molar-refractivity contribution in [3.8, 4) is 0 Å². The summed E-state index contributed by atoms with van der Waals surface area (Å²) in [5.74, 6) is 0.593. The van der Waals surface area contributed by atoms with Gasteiger partial charge in [-0.25, -0.2) is 0 Å². The third-order valence-corrected chi connectivity index (χ3v) is 3.23. The molecule has 0 aliphatic heterocycles. The molecule has 1 aliphatic carbocycles. The molecule has 16 heavy (non-hydrogen) atoms. The minimum atomic E-state index is 0.277. The number of aliphatic imine (C=N–C) groups is 1. The van der Waals surface area contributed by atoms with Gasteiger partial charge in [-0.3, -0.25) is 9.79 Å². The van der Waals surface area contributed by atoms with E-state index in [0.29, 0.717) is 5.78 Å². The molecule has 1 aliphatic rings. The molecule has 0 unspecified atom stereocenters. The lowest BCUT2D eigenvalue weighted by atomic mass is 9.79. The van der Waals surface area contributed by atoms with Crippen molar-refractivity contribution < 1.29 is 4.79 Å². The molecule has 0 aromatic heterocycles. The lowest BCUT2D eigenvalue weighted by Crippen LogP contribution is -2.22. The molecule has 84 valence electrons. The van der Waals surface area contributed by atoms with Gasteiger partial charge < -0.3 is 0 Å². The standard InChI is InChI=1S/C14H17NO/c1-3-15-12-7-8-13(10(2)9-12)14(16)11-5-4-6-11/h3,7-9,11H,4-6H2,1-2H3. The third kappa shape index (κ3) is 2.06. The van der Waals surface area contributed by atoms with Crippen molar-refractivity contribution in [3.05, 3.63) is 29.3 Å². The summed E-state index contributed by atoms with van der Waals surface area (Å²) >= 11 is 0. The van der Waals surface area contributed by atoms with Crippen molar-refractivity contribution in [2.45, 2.75) is 33.1 Å². The summed E-state index contributed by atoms with van der Waals surface area (Å²) in [6.07, 6.45) is 5.09. The lowest BCUT2D eigenvalue weighted by molar-refractivity contribution is 0.0854. The Kier molecular flexibility index (Phi) is 3.18. The van der Waals surface area contributed by atoms with Crippen molar-refractivity contribution in [2.75, 3.05) is 0 Å². The van der Waals surface area contributed by atoms with Gasteiger partial charge in [0.25, 0.3) is 0 Å². The van der Waals surface area contributed by atoms with Crippen LogP contribution < -0.4 is 0 Å². The second-order valence-electron chi connectivity index (χ2n) is 4.38. The summed E-state index contributed by atoms with van der Waals surface area (Å²) < 4.78 is 0. The van der Waals surface area contributed by atoms with Crippen LogP contribution in [0.25, 0.3) is 0 Å². The van der Waals surface area contributed by atoms with Gasteiger partial charge in [-0.15, -0.1) is 0 Å². The third-order valence-electron chi connectivity index (χ3n) is 3.23. The number of carbonyl (C=O) groups is 1. The van der Waals surface area contributed by atoms with Crippen molar-refractivity contribution in [3.63, 3.8) is 0 Å². The van der Waals surface area contributed by atoms with Crippen LogP contribution in [0.15, 0.2) is 23.2 Å². The quantitative estimate of drug-likeness (QED) is 0.558. The smallest absolute Gasteiger partial charge is 0.166 e. The minimum absolute atomic E-state index is 0.277. The number of hydrogen-bond acceptors (Lipinski definition) is 2. The summed E-state index contributed by atoms with van der Waals surface area (Å²) in [6, 6.07) is 5.81. The Morgan fingerprint density at radius 1 is 1.44 bits per heavy atom. The van der Waals surface area contributed by atoms with Gasteiger partial charge in [0.15, 0.2) is 5.78 Å². The van der Waals surface area contributed by atoms with Gasteiger partial charge in [0.2, 0.25) is 0 Å². The van der Waals surface area contributed by atoms with Crippen molar-refractivity contribution >= 4 is 17.7 Å². The van der Waals surface area contributed by atoms with Gasteiger partial charge in [0.1, 0.15) is 0 Å². The van der Waals surface area contributed by atoms with E-state index in [0.717, 1.165) is 29.7 Å². The first kappa shape index (κ1) is 11.1. The Hall–Kier alpha value is -1.44. The second-order valence-corrected chi connectivity index (χ2v) is 4.38. The Bertz CT molecular complexity index is 430. The Balaban J connectivity index is 2.24. The molecule has 1 saturated carbocycles. The van der Waals surface area contributed by atoms with E-state index in [2.05, 4.69) is 4.99 Å². The molecule has 0 spiro atoms. The van der Waals surface area contributed by atoms with Gasteiger partial charge in [0.05, 0.1) is 5.69 Å². The van der Waals surface area contributed by atoms with E-state index in [1.807, 2.05) is 32.0 Å². The number of aryl methyl sites for hydroxylation is 1. The Morgan fingerprint density at radius 3 is 2.69 bits per heavy atom. The first-order chi connectivity index (χ1) is 7.72. The molecule has 2 heteroatoms. The minimum Gasteiger partial charge on any atom is -0.294 e. The largest absolute Gasteiger partial charge is 0.294 e. The molecule has 1 aromatic rings. The number of benzene rings is 1. The van der Waals surface area contributed by atoms with E-state index in [1.54, 1.807) is 6.21 Å². The highest BCUT2D eigenvalue weighted by Crippen LogP contribution is 2.31. The number of Topliss-reactive ketones (excluding diaryl/α,β-unsaturated/α-hetero) is 1. The van der Waals surface area contributed by atoms with Crippen LogP contribution in [0.3, 0.4) is 0 Å². The number of rotatable bonds is 3. The lowest BCUT2D eigenvalue weighted by Gasteiger charge is -2.24. The van der Waals surface area contributed by atoms with Crippen molar-refractivity contribution in [1.82, 2.24) is 0 Å². The highest BCUT2D eigenvalue weighted by atomic mass is 16.1. The maximum absolute atomic E-state index is 12.1. The maximum Gasteiger partial charge on any atom is 0.166 e. The zero-order valence-corrected chi connectivity index (χ0v) is 9.86. The number of carbonyl (C=O) groups excluding carboxylic acids is 1. The van der Waals surface area contributed by atoms with Crippen LogP contribution in [0.1, 0.15) is 42.1 Å². The molecule has 0 amide bonds. The summed E-state index contributed by atoms with van der Waals surface area (Å²) in [7, 11) is 0. The van der Waals surface area contributed by atoms with Crippen LogP contribution in [-0.4, -0.2) is 12.0 Å². The van der Waals surface area contributed by atoms with Gasteiger partial charge in [-0.2, -0.15) is 0 Å². The number of nitrogens with zero attached hydrogens (tertiary/aromatic N) is 1. The van der Waals surface area contributed by atoms with E-state index in [1.165, 1.54) is 6.42 Å².